The molecule has 2 N–H and O–H groups in total. The van der Waals surface area contributed by atoms with Crippen LogP contribution in [0.15, 0.2) is 6.07 Å². The van der Waals surface area contributed by atoms with Crippen molar-refractivity contribution in [1.29, 1.82) is 0 Å². The van der Waals surface area contributed by atoms with Crippen LogP contribution in [0.1, 0.15) is 23.6 Å². The van der Waals surface area contributed by atoms with Gasteiger partial charge in [0.25, 0.3) is 0 Å². The third kappa shape index (κ3) is 2.47. The molecule has 0 amide bonds. The van der Waals surface area contributed by atoms with Gasteiger partial charge in [0.1, 0.15) is 5.75 Å². The Hall–Kier alpha value is -1.22. The lowest BCUT2D eigenvalue weighted by molar-refractivity contribution is -0.141. The van der Waals surface area contributed by atoms with Gasteiger partial charge in [0.15, 0.2) is 0 Å². The molecule has 0 aromatic heterocycles. The van der Waals surface area contributed by atoms with Crippen molar-refractivity contribution >= 4 is 17.6 Å². The Bertz CT molecular complexity index is 427. The van der Waals surface area contributed by atoms with Gasteiger partial charge in [-0.15, -0.1) is 0 Å². The zero-order chi connectivity index (χ0) is 12.5. The molecule has 3 nitrogen and oxygen atoms in total. The Kier molecular flexibility index (Phi) is 3.81. The Morgan fingerprint density at radius 2 is 2.06 bits per heavy atom. The van der Waals surface area contributed by atoms with Crippen molar-refractivity contribution in [3.8, 4) is 5.75 Å². The molecule has 0 bridgehead atoms. The quantitative estimate of drug-likeness (QED) is 0.857. The number of aryl methyl sites for hydroxylation is 1. The number of halogens is 1. The molecule has 88 valence electrons. The Balaban J connectivity index is 3.11. The van der Waals surface area contributed by atoms with E-state index in [1.54, 1.807) is 13.0 Å². The van der Waals surface area contributed by atoms with Gasteiger partial charge in [-0.1, -0.05) is 24.6 Å². The number of rotatable bonds is 3. The average Bonchev–Trinajstić information content (AvgIpc) is 2.22. The van der Waals surface area contributed by atoms with Gasteiger partial charge in [0, 0.05) is 0 Å². The highest BCUT2D eigenvalue weighted by molar-refractivity contribution is 6.33. The van der Waals surface area contributed by atoms with Gasteiger partial charge in [-0.3, -0.25) is 4.79 Å². The lowest BCUT2D eigenvalue weighted by atomic mass is 9.97. The molecule has 0 spiro atoms. The first-order chi connectivity index (χ1) is 7.34. The molecule has 16 heavy (non-hydrogen) atoms. The first-order valence-electron chi connectivity index (χ1n) is 5.05. The van der Waals surface area contributed by atoms with Crippen LogP contribution in [0.5, 0.6) is 5.75 Å². The zero-order valence-corrected chi connectivity index (χ0v) is 10.3. The Labute approximate surface area is 99.7 Å². The van der Waals surface area contributed by atoms with Gasteiger partial charge in [-0.05, 0) is 37.0 Å². The molecule has 1 aromatic rings. The van der Waals surface area contributed by atoms with Gasteiger partial charge in [-0.2, -0.15) is 0 Å². The Morgan fingerprint density at radius 1 is 1.50 bits per heavy atom. The van der Waals surface area contributed by atoms with Gasteiger partial charge in [0.2, 0.25) is 0 Å². The molecule has 4 heteroatoms. The second kappa shape index (κ2) is 4.74. The van der Waals surface area contributed by atoms with E-state index in [-0.39, 0.29) is 12.2 Å². The average molecular weight is 243 g/mol. The van der Waals surface area contributed by atoms with Crippen LogP contribution < -0.4 is 0 Å². The fourth-order valence-corrected chi connectivity index (χ4v) is 1.77. The standard InChI is InChI=1S/C12H15ClO3/c1-6-4-9(5-7(2)12(15)16)11(14)10(13)8(6)3/h4,7,14H,5H2,1-3H3,(H,15,16). The van der Waals surface area contributed by atoms with Crippen molar-refractivity contribution in [2.75, 3.05) is 0 Å². The van der Waals surface area contributed by atoms with E-state index in [4.69, 9.17) is 16.7 Å². The predicted octanol–water partition coefficient (Wildman–Crippen LogP) is 2.93. The van der Waals surface area contributed by atoms with E-state index >= 15 is 0 Å². The van der Waals surface area contributed by atoms with E-state index in [0.717, 1.165) is 11.1 Å². The van der Waals surface area contributed by atoms with E-state index in [9.17, 15) is 9.90 Å². The number of carboxylic acids is 1. The first-order valence-corrected chi connectivity index (χ1v) is 5.42. The lowest BCUT2D eigenvalue weighted by Gasteiger charge is -2.13. The highest BCUT2D eigenvalue weighted by atomic mass is 35.5. The minimum absolute atomic E-state index is 0.00198. The monoisotopic (exact) mass is 242 g/mol. The van der Waals surface area contributed by atoms with Crippen molar-refractivity contribution in [2.24, 2.45) is 5.92 Å². The van der Waals surface area contributed by atoms with E-state index in [2.05, 4.69) is 0 Å². The van der Waals surface area contributed by atoms with Crippen molar-refractivity contribution in [3.05, 3.63) is 27.8 Å². The number of phenolic OH excluding ortho intramolecular Hbond substituents is 1. The fourth-order valence-electron chi connectivity index (χ4n) is 1.50. The summed E-state index contributed by atoms with van der Waals surface area (Å²) < 4.78 is 0. The molecule has 0 heterocycles. The molecule has 0 fully saturated rings. The summed E-state index contributed by atoms with van der Waals surface area (Å²) in [6, 6.07) is 1.79. The summed E-state index contributed by atoms with van der Waals surface area (Å²) in [7, 11) is 0. The molecular weight excluding hydrogens is 228 g/mol. The Morgan fingerprint density at radius 3 is 2.56 bits per heavy atom. The van der Waals surface area contributed by atoms with Crippen LogP contribution in [-0.2, 0) is 11.2 Å². The second-order valence-electron chi connectivity index (χ2n) is 4.08. The molecule has 0 saturated carbocycles. The maximum atomic E-state index is 10.7. The molecule has 1 unspecified atom stereocenters. The van der Waals surface area contributed by atoms with Crippen LogP contribution in [0, 0.1) is 19.8 Å². The smallest absolute Gasteiger partial charge is 0.306 e. The van der Waals surface area contributed by atoms with E-state index in [1.165, 1.54) is 0 Å². The topological polar surface area (TPSA) is 57.5 Å². The third-order valence-electron chi connectivity index (χ3n) is 2.77. The van der Waals surface area contributed by atoms with Crippen LogP contribution in [-0.4, -0.2) is 16.2 Å². The zero-order valence-electron chi connectivity index (χ0n) is 9.54. The normalized spacial score (nSPS) is 12.5. The third-order valence-corrected chi connectivity index (χ3v) is 3.23. The van der Waals surface area contributed by atoms with E-state index in [1.807, 2.05) is 13.8 Å². The summed E-state index contributed by atoms with van der Waals surface area (Å²) in [6.45, 7) is 5.31. The van der Waals surface area contributed by atoms with Crippen molar-refractivity contribution in [1.82, 2.24) is 0 Å². The lowest BCUT2D eigenvalue weighted by Crippen LogP contribution is -2.12. The summed E-state index contributed by atoms with van der Waals surface area (Å²) in [5.41, 5.74) is 2.37. The second-order valence-corrected chi connectivity index (χ2v) is 4.46. The number of aliphatic carboxylic acids is 1. The van der Waals surface area contributed by atoms with Crippen LogP contribution in [0.25, 0.3) is 0 Å². The molecule has 1 aromatic carbocycles. The van der Waals surface area contributed by atoms with Gasteiger partial charge in [-0.25, -0.2) is 0 Å². The highest BCUT2D eigenvalue weighted by Gasteiger charge is 2.17. The molecule has 0 aliphatic carbocycles. The maximum absolute atomic E-state index is 10.7. The highest BCUT2D eigenvalue weighted by Crippen LogP contribution is 2.34. The molecule has 0 aliphatic rings. The fraction of sp³-hybridized carbons (Fsp3) is 0.417. The molecule has 1 rings (SSSR count). The molecule has 0 radical (unpaired) electrons. The number of phenols is 1. The molecular formula is C12H15ClO3. The molecule has 0 saturated heterocycles. The summed E-state index contributed by atoms with van der Waals surface area (Å²) in [5, 5.41) is 18.9. The van der Waals surface area contributed by atoms with Crippen LogP contribution in [0.4, 0.5) is 0 Å². The van der Waals surface area contributed by atoms with E-state index < -0.39 is 11.9 Å². The maximum Gasteiger partial charge on any atom is 0.306 e. The van der Waals surface area contributed by atoms with Crippen LogP contribution >= 0.6 is 11.6 Å². The van der Waals surface area contributed by atoms with Crippen molar-refractivity contribution in [2.45, 2.75) is 27.2 Å². The summed E-state index contributed by atoms with van der Waals surface area (Å²) in [4.78, 5) is 10.7. The number of aromatic hydroxyl groups is 1. The van der Waals surface area contributed by atoms with E-state index in [0.29, 0.717) is 10.6 Å². The minimum Gasteiger partial charge on any atom is -0.506 e. The van der Waals surface area contributed by atoms with Crippen LogP contribution in [0.3, 0.4) is 0 Å². The summed E-state index contributed by atoms with van der Waals surface area (Å²) in [6.07, 6.45) is 0.280. The largest absolute Gasteiger partial charge is 0.506 e. The molecule has 0 aliphatic heterocycles. The van der Waals surface area contributed by atoms with Crippen LogP contribution in [0.2, 0.25) is 5.02 Å². The number of benzene rings is 1. The van der Waals surface area contributed by atoms with Gasteiger partial charge >= 0.3 is 5.97 Å². The van der Waals surface area contributed by atoms with Crippen molar-refractivity contribution in [3.63, 3.8) is 0 Å². The summed E-state index contributed by atoms with van der Waals surface area (Å²) >= 11 is 5.95. The predicted molar refractivity (Wildman–Crippen MR) is 63.1 cm³/mol. The SMILES string of the molecule is Cc1cc(CC(C)C(=O)O)c(O)c(Cl)c1C. The number of hydrogen-bond donors (Lipinski definition) is 2. The first kappa shape index (κ1) is 12.8. The van der Waals surface area contributed by atoms with Gasteiger partial charge < -0.3 is 10.2 Å². The minimum atomic E-state index is -0.881. The van der Waals surface area contributed by atoms with Gasteiger partial charge in [0.05, 0.1) is 10.9 Å². The molecule has 1 atom stereocenters. The number of hydrogen-bond acceptors (Lipinski definition) is 2. The van der Waals surface area contributed by atoms with Crippen molar-refractivity contribution < 1.29 is 15.0 Å². The summed E-state index contributed by atoms with van der Waals surface area (Å²) in [5.74, 6) is -1.42. The number of carboxylic acid groups (broad SMARTS) is 1. The number of carbonyl (C=O) groups is 1.